The Morgan fingerprint density at radius 2 is 1.78 bits per heavy atom. The van der Waals surface area contributed by atoms with Gasteiger partial charge < -0.3 is 4.90 Å². The molecular formula is C23H29BrN2O. The van der Waals surface area contributed by atoms with Crippen LogP contribution in [0.5, 0.6) is 0 Å². The van der Waals surface area contributed by atoms with Crippen LogP contribution in [0, 0.1) is 26.7 Å². The molecule has 2 aromatic rings. The van der Waals surface area contributed by atoms with Gasteiger partial charge in [-0.15, -0.1) is 0 Å². The number of nitrogens with zero attached hydrogens (tertiary/aromatic N) is 2. The Kier molecular flexibility index (Phi) is 6.48. The Bertz CT molecular complexity index is 839. The van der Waals surface area contributed by atoms with Crippen LogP contribution >= 0.6 is 15.9 Å². The van der Waals surface area contributed by atoms with Gasteiger partial charge in [0.25, 0.3) is 0 Å². The number of Topliss-reactive ketones (excluding diaryl/α,β-unsaturated/α-hetero) is 1. The second-order valence-corrected chi connectivity index (χ2v) is 8.88. The third kappa shape index (κ3) is 4.85. The zero-order chi connectivity index (χ0) is 19.6. The molecule has 3 nitrogen and oxygen atoms in total. The molecule has 1 aromatic carbocycles. The van der Waals surface area contributed by atoms with Gasteiger partial charge in [-0.1, -0.05) is 17.7 Å². The SMILES string of the molecule is Cc1cc(C)c(C)c(CCc2cc(Br)cnc2C(=O)C2CCN(C)CC2)c1. The van der Waals surface area contributed by atoms with Crippen LogP contribution in [0.1, 0.15) is 51.1 Å². The molecule has 4 heteroatoms. The molecule has 27 heavy (non-hydrogen) atoms. The van der Waals surface area contributed by atoms with E-state index in [4.69, 9.17) is 0 Å². The van der Waals surface area contributed by atoms with E-state index in [9.17, 15) is 4.79 Å². The Hall–Kier alpha value is -1.52. The van der Waals surface area contributed by atoms with E-state index in [1.165, 1.54) is 22.3 Å². The number of carbonyl (C=O) groups is 1. The standard InChI is InChI=1S/C23H29BrN2O/c1-15-11-16(2)17(3)19(12-15)5-6-20-13-21(24)14-25-22(20)23(27)18-7-9-26(4)10-8-18/h11-14,18H,5-10H2,1-4H3. The maximum absolute atomic E-state index is 13.1. The first-order valence-corrected chi connectivity index (χ1v) is 10.6. The highest BCUT2D eigenvalue weighted by Gasteiger charge is 2.27. The molecule has 0 amide bonds. The number of aromatic nitrogens is 1. The molecule has 1 saturated heterocycles. The van der Waals surface area contributed by atoms with E-state index >= 15 is 0 Å². The quantitative estimate of drug-likeness (QED) is 0.622. The maximum Gasteiger partial charge on any atom is 0.184 e. The predicted molar refractivity (Wildman–Crippen MR) is 115 cm³/mol. The van der Waals surface area contributed by atoms with Gasteiger partial charge in [-0.05, 0) is 111 Å². The highest BCUT2D eigenvalue weighted by atomic mass is 79.9. The van der Waals surface area contributed by atoms with Crippen LogP contribution in [0.3, 0.4) is 0 Å². The minimum atomic E-state index is 0.108. The van der Waals surface area contributed by atoms with E-state index in [-0.39, 0.29) is 11.7 Å². The molecule has 2 heterocycles. The van der Waals surface area contributed by atoms with Gasteiger partial charge in [0.1, 0.15) is 5.69 Å². The summed E-state index contributed by atoms with van der Waals surface area (Å²) < 4.78 is 0.939. The van der Waals surface area contributed by atoms with Crippen molar-refractivity contribution in [2.24, 2.45) is 5.92 Å². The zero-order valence-corrected chi connectivity index (χ0v) is 18.4. The number of hydrogen-bond donors (Lipinski definition) is 0. The van der Waals surface area contributed by atoms with Gasteiger partial charge in [0.15, 0.2) is 5.78 Å². The van der Waals surface area contributed by atoms with E-state index < -0.39 is 0 Å². The second kappa shape index (κ2) is 8.66. The molecule has 0 N–H and O–H groups in total. The Morgan fingerprint density at radius 1 is 1.11 bits per heavy atom. The van der Waals surface area contributed by atoms with Crippen LogP contribution in [-0.2, 0) is 12.8 Å². The molecule has 0 spiro atoms. The number of aryl methyl sites for hydroxylation is 4. The number of likely N-dealkylation sites (tertiary alicyclic amines) is 1. The van der Waals surface area contributed by atoms with Crippen LogP contribution in [-0.4, -0.2) is 35.8 Å². The molecule has 0 saturated carbocycles. The summed E-state index contributed by atoms with van der Waals surface area (Å²) in [4.78, 5) is 20.0. The average molecular weight is 429 g/mol. The van der Waals surface area contributed by atoms with Crippen LogP contribution in [0.4, 0.5) is 0 Å². The molecule has 0 bridgehead atoms. The number of benzene rings is 1. The van der Waals surface area contributed by atoms with Crippen LogP contribution < -0.4 is 0 Å². The van der Waals surface area contributed by atoms with Crippen molar-refractivity contribution < 1.29 is 4.79 Å². The van der Waals surface area contributed by atoms with Gasteiger partial charge in [-0.3, -0.25) is 9.78 Å². The molecular weight excluding hydrogens is 400 g/mol. The normalized spacial score (nSPS) is 15.9. The number of hydrogen-bond acceptors (Lipinski definition) is 3. The monoisotopic (exact) mass is 428 g/mol. The Balaban J connectivity index is 1.81. The van der Waals surface area contributed by atoms with Crippen molar-refractivity contribution in [2.45, 2.75) is 46.5 Å². The lowest BCUT2D eigenvalue weighted by Crippen LogP contribution is -2.34. The molecule has 1 aromatic heterocycles. The predicted octanol–water partition coefficient (Wildman–Crippen LogP) is 5.08. The van der Waals surface area contributed by atoms with Crippen molar-refractivity contribution in [3.8, 4) is 0 Å². The van der Waals surface area contributed by atoms with Gasteiger partial charge in [-0.2, -0.15) is 0 Å². The number of rotatable bonds is 5. The highest BCUT2D eigenvalue weighted by molar-refractivity contribution is 9.10. The molecule has 3 rings (SSSR count). The fourth-order valence-corrected chi connectivity index (χ4v) is 4.39. The Labute approximate surface area is 171 Å². The fourth-order valence-electron chi connectivity index (χ4n) is 4.01. The molecule has 0 unspecified atom stereocenters. The number of carbonyl (C=O) groups excluding carboxylic acids is 1. The van der Waals surface area contributed by atoms with Crippen LogP contribution in [0.2, 0.25) is 0 Å². The van der Waals surface area contributed by atoms with Crippen LogP contribution in [0.25, 0.3) is 0 Å². The van der Waals surface area contributed by atoms with Gasteiger partial charge in [-0.25, -0.2) is 0 Å². The minimum Gasteiger partial charge on any atom is -0.306 e. The van der Waals surface area contributed by atoms with E-state index in [0.29, 0.717) is 5.69 Å². The fraction of sp³-hybridized carbons (Fsp3) is 0.478. The highest BCUT2D eigenvalue weighted by Crippen LogP contribution is 2.25. The first-order chi connectivity index (χ1) is 12.8. The van der Waals surface area contributed by atoms with E-state index in [1.807, 2.05) is 0 Å². The number of halogens is 1. The molecule has 0 atom stereocenters. The smallest absolute Gasteiger partial charge is 0.184 e. The minimum absolute atomic E-state index is 0.108. The van der Waals surface area contributed by atoms with Crippen molar-refractivity contribution in [1.82, 2.24) is 9.88 Å². The number of ketones is 1. The van der Waals surface area contributed by atoms with Crippen molar-refractivity contribution >= 4 is 21.7 Å². The van der Waals surface area contributed by atoms with Crippen molar-refractivity contribution in [3.05, 3.63) is 62.4 Å². The lowest BCUT2D eigenvalue weighted by molar-refractivity contribution is 0.0850. The summed E-state index contributed by atoms with van der Waals surface area (Å²) in [6.07, 6.45) is 5.39. The van der Waals surface area contributed by atoms with Gasteiger partial charge >= 0.3 is 0 Å². The van der Waals surface area contributed by atoms with Gasteiger partial charge in [0.05, 0.1) is 0 Å². The van der Waals surface area contributed by atoms with Gasteiger partial charge in [0.2, 0.25) is 0 Å². The molecule has 1 aliphatic heterocycles. The lowest BCUT2D eigenvalue weighted by atomic mass is 9.88. The first kappa shape index (κ1) is 20.2. The molecule has 1 fully saturated rings. The molecule has 0 radical (unpaired) electrons. The van der Waals surface area contributed by atoms with E-state index in [2.05, 4.69) is 71.8 Å². The molecule has 144 valence electrons. The lowest BCUT2D eigenvalue weighted by Gasteiger charge is -2.28. The van der Waals surface area contributed by atoms with Crippen molar-refractivity contribution in [2.75, 3.05) is 20.1 Å². The second-order valence-electron chi connectivity index (χ2n) is 7.97. The summed E-state index contributed by atoms with van der Waals surface area (Å²) in [5.74, 6) is 0.333. The summed E-state index contributed by atoms with van der Waals surface area (Å²) >= 11 is 3.53. The average Bonchev–Trinajstić information content (AvgIpc) is 2.63. The number of pyridine rings is 1. The summed E-state index contributed by atoms with van der Waals surface area (Å²) in [6, 6.07) is 6.58. The number of piperidine rings is 1. The summed E-state index contributed by atoms with van der Waals surface area (Å²) in [7, 11) is 2.12. The summed E-state index contributed by atoms with van der Waals surface area (Å²) in [5, 5.41) is 0. The summed E-state index contributed by atoms with van der Waals surface area (Å²) in [6.45, 7) is 8.48. The van der Waals surface area contributed by atoms with Crippen LogP contribution in [0.15, 0.2) is 28.9 Å². The van der Waals surface area contributed by atoms with Gasteiger partial charge in [0, 0.05) is 16.6 Å². The van der Waals surface area contributed by atoms with Crippen molar-refractivity contribution in [3.63, 3.8) is 0 Å². The molecule has 0 aliphatic carbocycles. The Morgan fingerprint density at radius 3 is 2.48 bits per heavy atom. The largest absolute Gasteiger partial charge is 0.306 e. The van der Waals surface area contributed by atoms with E-state index in [1.54, 1.807) is 6.20 Å². The summed E-state index contributed by atoms with van der Waals surface area (Å²) in [5.41, 5.74) is 7.08. The van der Waals surface area contributed by atoms with Crippen molar-refractivity contribution in [1.29, 1.82) is 0 Å². The first-order valence-electron chi connectivity index (χ1n) is 9.79. The maximum atomic E-state index is 13.1. The topological polar surface area (TPSA) is 33.2 Å². The van der Waals surface area contributed by atoms with E-state index in [0.717, 1.165) is 48.8 Å². The zero-order valence-electron chi connectivity index (χ0n) is 16.8. The third-order valence-electron chi connectivity index (χ3n) is 5.84. The third-order valence-corrected chi connectivity index (χ3v) is 6.27. The molecule has 1 aliphatic rings.